The molecular formula is C25H25N5O6. The van der Waals surface area contributed by atoms with Crippen LogP contribution in [0, 0.1) is 0 Å². The van der Waals surface area contributed by atoms with Crippen LogP contribution < -0.4 is 26.9 Å². The standard InChI is InChI=1S/C25H25N5O6/c1-28-16(12-21(32)29(2)25(28)35)14-26-20(31)13-18(15-7-9-17(36-3)10-8-15)22-23(33)27-19-6-4-5-11-30(19)24(22)34/h4-12,18,33H,13-14H2,1-3H3,(H,26,31). The summed E-state index contributed by atoms with van der Waals surface area (Å²) in [5.74, 6) is -1.17. The number of ether oxygens (including phenoxy) is 1. The van der Waals surface area contributed by atoms with Crippen LogP contribution in [-0.4, -0.2) is 36.6 Å². The number of hydrogen-bond acceptors (Lipinski definition) is 7. The zero-order chi connectivity index (χ0) is 26.0. The zero-order valence-corrected chi connectivity index (χ0v) is 20.0. The zero-order valence-electron chi connectivity index (χ0n) is 20.0. The normalized spacial score (nSPS) is 11.9. The molecule has 0 bridgehead atoms. The van der Waals surface area contributed by atoms with Gasteiger partial charge >= 0.3 is 5.69 Å². The lowest BCUT2D eigenvalue weighted by Crippen LogP contribution is -2.39. The van der Waals surface area contributed by atoms with Gasteiger partial charge < -0.3 is 15.2 Å². The van der Waals surface area contributed by atoms with E-state index in [0.717, 1.165) is 4.57 Å². The average molecular weight is 492 g/mol. The van der Waals surface area contributed by atoms with Gasteiger partial charge in [0.05, 0.1) is 19.2 Å². The molecule has 1 atom stereocenters. The van der Waals surface area contributed by atoms with Gasteiger partial charge in [0.2, 0.25) is 11.8 Å². The van der Waals surface area contributed by atoms with Crippen molar-refractivity contribution in [2.24, 2.45) is 14.1 Å². The van der Waals surface area contributed by atoms with Crippen LogP contribution in [0.5, 0.6) is 11.6 Å². The Morgan fingerprint density at radius 2 is 1.81 bits per heavy atom. The maximum absolute atomic E-state index is 13.3. The topological polar surface area (TPSA) is 137 Å². The highest BCUT2D eigenvalue weighted by Crippen LogP contribution is 2.32. The molecule has 11 nitrogen and oxygen atoms in total. The molecule has 0 fully saturated rings. The van der Waals surface area contributed by atoms with Crippen LogP contribution in [0.1, 0.15) is 29.2 Å². The Labute approximate surface area is 204 Å². The van der Waals surface area contributed by atoms with Crippen molar-refractivity contribution in [1.29, 1.82) is 0 Å². The predicted molar refractivity (Wildman–Crippen MR) is 131 cm³/mol. The van der Waals surface area contributed by atoms with Gasteiger partial charge in [-0.25, -0.2) is 4.79 Å². The molecule has 3 heterocycles. The number of carbonyl (C=O) groups excluding carboxylic acids is 1. The maximum atomic E-state index is 13.3. The summed E-state index contributed by atoms with van der Waals surface area (Å²) in [4.78, 5) is 54.7. The van der Waals surface area contributed by atoms with E-state index in [1.165, 1.54) is 42.4 Å². The second-order valence-electron chi connectivity index (χ2n) is 8.26. The van der Waals surface area contributed by atoms with E-state index in [4.69, 9.17) is 4.74 Å². The molecule has 36 heavy (non-hydrogen) atoms. The molecule has 0 saturated carbocycles. The van der Waals surface area contributed by atoms with Crippen molar-refractivity contribution < 1.29 is 14.6 Å². The third kappa shape index (κ3) is 4.63. The lowest BCUT2D eigenvalue weighted by Gasteiger charge is -2.19. The molecule has 1 aromatic carbocycles. The fourth-order valence-electron chi connectivity index (χ4n) is 4.01. The first-order valence-corrected chi connectivity index (χ1v) is 11.1. The molecule has 0 aliphatic carbocycles. The van der Waals surface area contributed by atoms with Gasteiger partial charge in [0.1, 0.15) is 11.4 Å². The van der Waals surface area contributed by atoms with E-state index in [1.807, 2.05) is 0 Å². The highest BCUT2D eigenvalue weighted by atomic mass is 16.5. The summed E-state index contributed by atoms with van der Waals surface area (Å²) in [5.41, 5.74) is -0.333. The van der Waals surface area contributed by atoms with E-state index in [9.17, 15) is 24.3 Å². The fourth-order valence-corrected chi connectivity index (χ4v) is 4.01. The summed E-state index contributed by atoms with van der Waals surface area (Å²) in [5, 5.41) is 13.4. The maximum Gasteiger partial charge on any atom is 0.330 e. The molecule has 2 N–H and O–H groups in total. The monoisotopic (exact) mass is 491 g/mol. The molecule has 186 valence electrons. The molecule has 0 aliphatic rings. The second-order valence-corrected chi connectivity index (χ2v) is 8.26. The minimum atomic E-state index is -0.833. The van der Waals surface area contributed by atoms with Gasteiger partial charge in [0, 0.05) is 44.4 Å². The van der Waals surface area contributed by atoms with Crippen LogP contribution in [-0.2, 0) is 25.4 Å². The van der Waals surface area contributed by atoms with Gasteiger partial charge in [0.15, 0.2) is 0 Å². The molecule has 0 radical (unpaired) electrons. The van der Waals surface area contributed by atoms with Crippen LogP contribution >= 0.6 is 0 Å². The summed E-state index contributed by atoms with van der Waals surface area (Å²) in [7, 11) is 4.40. The number of benzene rings is 1. The summed E-state index contributed by atoms with van der Waals surface area (Å²) in [6.45, 7) is -0.0725. The van der Waals surface area contributed by atoms with Crippen molar-refractivity contribution in [3.8, 4) is 11.6 Å². The third-order valence-electron chi connectivity index (χ3n) is 6.10. The molecule has 0 spiro atoms. The first kappa shape index (κ1) is 24.5. The highest BCUT2D eigenvalue weighted by Gasteiger charge is 2.26. The van der Waals surface area contributed by atoms with Crippen LogP contribution in [0.4, 0.5) is 0 Å². The largest absolute Gasteiger partial charge is 0.497 e. The van der Waals surface area contributed by atoms with E-state index in [0.29, 0.717) is 17.0 Å². The number of pyridine rings is 1. The number of amides is 1. The second kappa shape index (κ2) is 9.90. The highest BCUT2D eigenvalue weighted by molar-refractivity contribution is 5.77. The van der Waals surface area contributed by atoms with E-state index >= 15 is 0 Å². The van der Waals surface area contributed by atoms with Crippen molar-refractivity contribution in [3.63, 3.8) is 0 Å². The molecule has 1 amide bonds. The lowest BCUT2D eigenvalue weighted by atomic mass is 9.89. The number of rotatable bonds is 7. The Balaban J connectivity index is 1.70. The molecule has 4 rings (SSSR count). The minimum Gasteiger partial charge on any atom is -0.497 e. The first-order valence-electron chi connectivity index (χ1n) is 11.1. The number of hydrogen-bond donors (Lipinski definition) is 2. The van der Waals surface area contributed by atoms with Gasteiger partial charge in [-0.3, -0.25) is 27.9 Å². The number of fused-ring (bicyclic) bond motifs is 1. The Kier molecular flexibility index (Phi) is 6.73. The predicted octanol–water partition coefficient (Wildman–Crippen LogP) is 0.644. The van der Waals surface area contributed by atoms with Gasteiger partial charge in [-0.1, -0.05) is 18.2 Å². The number of carbonyl (C=O) groups is 1. The summed E-state index contributed by atoms with van der Waals surface area (Å²) < 4.78 is 8.75. The molecule has 0 aliphatic heterocycles. The smallest absolute Gasteiger partial charge is 0.330 e. The number of aromatic hydroxyl groups is 1. The van der Waals surface area contributed by atoms with Crippen LogP contribution in [0.3, 0.4) is 0 Å². The van der Waals surface area contributed by atoms with Crippen LogP contribution in [0.2, 0.25) is 0 Å². The Bertz CT molecular complexity index is 1620. The summed E-state index contributed by atoms with van der Waals surface area (Å²) in [6.07, 6.45) is 1.34. The molecule has 0 saturated heterocycles. The first-order chi connectivity index (χ1) is 17.2. The summed E-state index contributed by atoms with van der Waals surface area (Å²) >= 11 is 0. The SMILES string of the molecule is COc1ccc(C(CC(=O)NCc2cc(=O)n(C)c(=O)n2C)c2c(O)nc3ccccn3c2=O)cc1. The van der Waals surface area contributed by atoms with Crippen molar-refractivity contribution in [3.05, 3.63) is 103 Å². The molecular weight excluding hydrogens is 466 g/mol. The molecule has 1 unspecified atom stereocenters. The average Bonchev–Trinajstić information content (AvgIpc) is 2.88. The minimum absolute atomic E-state index is 0.0278. The number of aromatic nitrogens is 4. The van der Waals surface area contributed by atoms with E-state index in [2.05, 4.69) is 10.3 Å². The Morgan fingerprint density at radius 1 is 1.08 bits per heavy atom. The fraction of sp³-hybridized carbons (Fsp3) is 0.240. The molecule has 11 heteroatoms. The van der Waals surface area contributed by atoms with Crippen LogP contribution in [0.15, 0.2) is 69.1 Å². The van der Waals surface area contributed by atoms with E-state index < -0.39 is 34.5 Å². The van der Waals surface area contributed by atoms with Crippen LogP contribution in [0.25, 0.3) is 5.65 Å². The lowest BCUT2D eigenvalue weighted by molar-refractivity contribution is -0.121. The number of methoxy groups -OCH3 is 1. The Hall–Kier alpha value is -4.67. The quantitative estimate of drug-likeness (QED) is 0.387. The van der Waals surface area contributed by atoms with Gasteiger partial charge in [0.25, 0.3) is 11.1 Å². The summed E-state index contributed by atoms with van der Waals surface area (Å²) in [6, 6.07) is 13.0. The van der Waals surface area contributed by atoms with Crippen molar-refractivity contribution in [2.45, 2.75) is 18.9 Å². The van der Waals surface area contributed by atoms with Crippen molar-refractivity contribution >= 4 is 11.6 Å². The van der Waals surface area contributed by atoms with Crippen molar-refractivity contribution in [1.82, 2.24) is 23.8 Å². The van der Waals surface area contributed by atoms with Crippen molar-refractivity contribution in [2.75, 3.05) is 7.11 Å². The van der Waals surface area contributed by atoms with Gasteiger partial charge in [-0.15, -0.1) is 0 Å². The third-order valence-corrected chi connectivity index (χ3v) is 6.10. The van der Waals surface area contributed by atoms with Gasteiger partial charge in [-0.2, -0.15) is 4.98 Å². The Morgan fingerprint density at radius 3 is 2.50 bits per heavy atom. The van der Waals surface area contributed by atoms with E-state index in [-0.39, 0.29) is 24.2 Å². The van der Waals surface area contributed by atoms with E-state index in [1.54, 1.807) is 42.5 Å². The van der Waals surface area contributed by atoms with Gasteiger partial charge in [-0.05, 0) is 29.8 Å². The molecule has 3 aromatic heterocycles. The molecule has 4 aromatic rings. The number of nitrogens with zero attached hydrogens (tertiary/aromatic N) is 4. The number of nitrogens with one attached hydrogen (secondary N) is 1.